The van der Waals surface area contributed by atoms with Gasteiger partial charge in [0, 0.05) is 31.9 Å². The van der Waals surface area contributed by atoms with Gasteiger partial charge in [0.1, 0.15) is 17.0 Å². The second-order valence-electron chi connectivity index (χ2n) is 15.4. The molecule has 1 aromatic heterocycles. The molecule has 50 heavy (non-hydrogen) atoms. The van der Waals surface area contributed by atoms with E-state index in [4.69, 9.17) is 4.74 Å². The van der Waals surface area contributed by atoms with E-state index in [-0.39, 0.29) is 35.5 Å². The molecule has 0 spiro atoms. The van der Waals surface area contributed by atoms with Crippen LogP contribution in [0.5, 0.6) is 5.75 Å². The Labute approximate surface area is 297 Å². The summed E-state index contributed by atoms with van der Waals surface area (Å²) in [6, 6.07) is 8.51. The first kappa shape index (κ1) is 40.4. The number of aromatic nitrogens is 1. The van der Waals surface area contributed by atoms with Crippen molar-refractivity contribution in [3.05, 3.63) is 59.4 Å². The van der Waals surface area contributed by atoms with Gasteiger partial charge in [-0.25, -0.2) is 0 Å². The second kappa shape index (κ2) is 19.4. The van der Waals surface area contributed by atoms with Crippen molar-refractivity contribution in [2.75, 3.05) is 26.2 Å². The number of ether oxygens (including phenoxy) is 2. The van der Waals surface area contributed by atoms with Gasteiger partial charge >= 0.3 is 5.97 Å². The predicted molar refractivity (Wildman–Crippen MR) is 192 cm³/mol. The number of carbonyl (C=O) groups excluding carboxylic acids is 4. The van der Waals surface area contributed by atoms with E-state index >= 15 is 0 Å². The van der Waals surface area contributed by atoms with E-state index in [9.17, 15) is 24.3 Å². The van der Waals surface area contributed by atoms with E-state index in [1.165, 1.54) is 0 Å². The van der Waals surface area contributed by atoms with Crippen LogP contribution in [0.4, 0.5) is 0 Å². The Bertz CT molecular complexity index is 1380. The predicted octanol–water partition coefficient (Wildman–Crippen LogP) is 5.44. The minimum atomic E-state index is -0.645. The number of phenols is 1. The van der Waals surface area contributed by atoms with Crippen LogP contribution in [0.2, 0.25) is 0 Å². The first-order valence-corrected chi connectivity index (χ1v) is 18.0. The largest absolute Gasteiger partial charge is 0.508 e. The van der Waals surface area contributed by atoms with Crippen LogP contribution in [0.25, 0.3) is 0 Å². The summed E-state index contributed by atoms with van der Waals surface area (Å²) in [5.41, 5.74) is 1.86. The maximum atomic E-state index is 13.6. The molecule has 0 radical (unpaired) electrons. The minimum absolute atomic E-state index is 0.0162. The first-order chi connectivity index (χ1) is 23.6. The molecule has 0 aliphatic carbocycles. The number of nitrogens with zero attached hydrogens (tertiary/aromatic N) is 2. The fraction of sp³-hybridized carbons (Fsp3) is 0.615. The van der Waals surface area contributed by atoms with Crippen molar-refractivity contribution in [3.8, 4) is 5.75 Å². The highest BCUT2D eigenvalue weighted by molar-refractivity contribution is 5.82. The Kier molecular flexibility index (Phi) is 15.7. The summed E-state index contributed by atoms with van der Waals surface area (Å²) >= 11 is 0. The molecule has 2 aliphatic heterocycles. The number of carbonyl (C=O) groups is 4. The Balaban J connectivity index is 0.000000872. The van der Waals surface area contributed by atoms with Gasteiger partial charge < -0.3 is 30.1 Å². The Morgan fingerprint density at radius 3 is 2.30 bits per heavy atom. The van der Waals surface area contributed by atoms with Crippen LogP contribution in [-0.2, 0) is 41.5 Å². The van der Waals surface area contributed by atoms with Crippen LogP contribution in [0.15, 0.2) is 42.7 Å². The van der Waals surface area contributed by atoms with Crippen LogP contribution >= 0.6 is 0 Å². The van der Waals surface area contributed by atoms with E-state index in [2.05, 4.69) is 20.4 Å². The molecule has 0 unspecified atom stereocenters. The van der Waals surface area contributed by atoms with Crippen LogP contribution in [0.1, 0.15) is 109 Å². The molecule has 11 nitrogen and oxygen atoms in total. The highest BCUT2D eigenvalue weighted by atomic mass is 16.6. The van der Waals surface area contributed by atoms with Crippen LogP contribution < -0.4 is 10.6 Å². The lowest BCUT2D eigenvalue weighted by atomic mass is 9.92. The number of esters is 1. The number of piperidine rings is 2. The number of aryl methyl sites for hydroxylation is 2. The Morgan fingerprint density at radius 2 is 1.68 bits per heavy atom. The number of benzene rings is 1. The number of likely N-dealkylation sites (tertiary alicyclic amines) is 1. The molecule has 2 aromatic rings. The van der Waals surface area contributed by atoms with E-state index in [1.54, 1.807) is 24.5 Å². The summed E-state index contributed by atoms with van der Waals surface area (Å²) in [7, 11) is 0. The van der Waals surface area contributed by atoms with Crippen LogP contribution in [0.3, 0.4) is 0 Å². The van der Waals surface area contributed by atoms with Gasteiger partial charge in [-0.05, 0) is 134 Å². The molecule has 3 N–H and O–H groups in total. The number of hydrogen-bond donors (Lipinski definition) is 3. The Morgan fingerprint density at radius 1 is 1.00 bits per heavy atom. The average molecular weight is 695 g/mol. The van der Waals surface area contributed by atoms with Gasteiger partial charge in [0.15, 0.2) is 0 Å². The molecular weight excluding hydrogens is 636 g/mol. The first-order valence-electron chi connectivity index (χ1n) is 18.0. The molecule has 4 rings (SSSR count). The smallest absolute Gasteiger partial charge is 0.308 e. The summed E-state index contributed by atoms with van der Waals surface area (Å²) in [6.45, 7) is 14.5. The number of pyridine rings is 1. The van der Waals surface area contributed by atoms with Crippen LogP contribution in [-0.4, -0.2) is 76.6 Å². The zero-order chi connectivity index (χ0) is 36.7. The van der Waals surface area contributed by atoms with E-state index in [0.717, 1.165) is 68.3 Å². The average Bonchev–Trinajstić information content (AvgIpc) is 3.06. The van der Waals surface area contributed by atoms with Crippen molar-refractivity contribution < 1.29 is 33.8 Å². The molecule has 3 heterocycles. The number of hydrogen-bond acceptors (Lipinski definition) is 9. The number of rotatable bonds is 12. The zero-order valence-corrected chi connectivity index (χ0v) is 30.8. The third kappa shape index (κ3) is 15.3. The summed E-state index contributed by atoms with van der Waals surface area (Å²) < 4.78 is 10.1. The van der Waals surface area contributed by atoms with Crippen LogP contribution in [0, 0.1) is 11.8 Å². The molecule has 2 atom stereocenters. The fourth-order valence-corrected chi connectivity index (χ4v) is 6.10. The lowest BCUT2D eigenvalue weighted by molar-refractivity contribution is -0.155. The molecule has 2 aliphatic rings. The molecule has 2 saturated heterocycles. The molecule has 0 saturated carbocycles. The minimum Gasteiger partial charge on any atom is -0.508 e. The summed E-state index contributed by atoms with van der Waals surface area (Å²) in [5.74, 6) is 0.0729. The van der Waals surface area contributed by atoms with E-state index in [1.807, 2.05) is 64.6 Å². The Hall–Kier alpha value is -3.99. The van der Waals surface area contributed by atoms with Crippen molar-refractivity contribution in [2.24, 2.45) is 11.8 Å². The topological polar surface area (TPSA) is 147 Å². The monoisotopic (exact) mass is 694 g/mol. The van der Waals surface area contributed by atoms with Gasteiger partial charge in [-0.3, -0.25) is 24.2 Å². The van der Waals surface area contributed by atoms with Gasteiger partial charge in [-0.2, -0.15) is 0 Å². The number of phenolic OH excluding ortho intramolecular Hbond substituents is 1. The van der Waals surface area contributed by atoms with Gasteiger partial charge in [0.2, 0.25) is 11.8 Å². The summed E-state index contributed by atoms with van der Waals surface area (Å²) in [5, 5.41) is 16.0. The lowest BCUT2D eigenvalue weighted by Gasteiger charge is -2.33. The molecular formula is C39H58N4O7. The molecule has 2 fully saturated rings. The van der Waals surface area contributed by atoms with Gasteiger partial charge in [0.05, 0.1) is 18.4 Å². The quantitative estimate of drug-likeness (QED) is 0.195. The summed E-state index contributed by atoms with van der Waals surface area (Å²) in [6.07, 6.45) is 10.1. The van der Waals surface area contributed by atoms with Gasteiger partial charge in [-0.15, -0.1) is 0 Å². The van der Waals surface area contributed by atoms with Crippen molar-refractivity contribution in [2.45, 2.75) is 117 Å². The van der Waals surface area contributed by atoms with E-state index in [0.29, 0.717) is 38.3 Å². The highest BCUT2D eigenvalue weighted by Gasteiger charge is 2.31. The van der Waals surface area contributed by atoms with Gasteiger partial charge in [0.25, 0.3) is 6.47 Å². The maximum absolute atomic E-state index is 13.6. The van der Waals surface area contributed by atoms with Crippen molar-refractivity contribution in [3.63, 3.8) is 0 Å². The van der Waals surface area contributed by atoms with Gasteiger partial charge in [-0.1, -0.05) is 18.2 Å². The fourth-order valence-electron chi connectivity index (χ4n) is 6.10. The molecule has 276 valence electrons. The molecule has 2 amide bonds. The molecule has 11 heteroatoms. The normalized spacial score (nSPS) is 17.5. The lowest BCUT2D eigenvalue weighted by Crippen LogP contribution is -2.46. The number of nitrogens with one attached hydrogen (secondary N) is 2. The highest BCUT2D eigenvalue weighted by Crippen LogP contribution is 2.25. The summed E-state index contributed by atoms with van der Waals surface area (Å²) in [4.78, 5) is 55.4. The second-order valence-corrected chi connectivity index (χ2v) is 15.4. The number of aromatic hydroxyl groups is 1. The van der Waals surface area contributed by atoms with Crippen molar-refractivity contribution in [1.29, 1.82) is 0 Å². The maximum Gasteiger partial charge on any atom is 0.308 e. The van der Waals surface area contributed by atoms with Crippen molar-refractivity contribution in [1.82, 2.24) is 20.5 Å². The standard InChI is InChI=1S/C34H48N4O5.C5H10O2/c1-34(2,3)43-32(41)20-30(28-19-26(21-36-22-28)7-6-24-8-11-29(39)12-9-24)37-33(42)27-5-4-18-38(23-27)31(40)13-10-25-14-16-35-17-15-25;1-5(2,3)7-4-6/h8-9,11-12,19,21-22,25,27,30,35,39H,4-7,10,13-18,20,23H2,1-3H3,(H,37,42);4H,1-3H3/t27-,30+;/m1./s1. The number of amides is 2. The van der Waals surface area contributed by atoms with Crippen molar-refractivity contribution >= 4 is 24.3 Å². The molecule has 0 bridgehead atoms. The zero-order valence-electron chi connectivity index (χ0n) is 30.8. The molecule has 1 aromatic carbocycles. The SMILES string of the molecule is CC(C)(C)OC(=O)C[C@H](NC(=O)[C@@H]1CCCN(C(=O)CCC2CCNCC2)C1)c1cncc(CCc2ccc(O)cc2)c1.CC(C)(C)OC=O. The van der Waals surface area contributed by atoms with E-state index < -0.39 is 17.6 Å². The third-order valence-electron chi connectivity index (χ3n) is 8.74. The third-order valence-corrected chi connectivity index (χ3v) is 8.74.